The maximum absolute atomic E-state index is 13.1. The summed E-state index contributed by atoms with van der Waals surface area (Å²) >= 11 is 6.21. The largest absolute Gasteiger partial charge is 0.493 e. The lowest BCUT2D eigenvalue weighted by atomic mass is 10.1. The first-order valence-electron chi connectivity index (χ1n) is 11.1. The van der Waals surface area contributed by atoms with Gasteiger partial charge in [-0.1, -0.05) is 48.2 Å². The van der Waals surface area contributed by atoms with Crippen LogP contribution in [-0.2, 0) is 15.8 Å². The molecular formula is C27H18F3NO6S2. The second kappa shape index (κ2) is 11.7. The third kappa shape index (κ3) is 6.47. The molecule has 1 amide bonds. The average molecular weight is 574 g/mol. The van der Waals surface area contributed by atoms with E-state index in [0.717, 1.165) is 28.8 Å². The fourth-order valence-corrected chi connectivity index (χ4v) is 4.81. The predicted molar refractivity (Wildman–Crippen MR) is 143 cm³/mol. The molecule has 1 aliphatic heterocycles. The Hall–Kier alpha value is -4.16. The molecule has 7 nitrogen and oxygen atoms in total. The maximum atomic E-state index is 13.1. The van der Waals surface area contributed by atoms with Gasteiger partial charge in [0.1, 0.15) is 5.75 Å². The van der Waals surface area contributed by atoms with Crippen LogP contribution in [0.15, 0.2) is 71.6 Å². The molecule has 0 saturated carbocycles. The zero-order chi connectivity index (χ0) is 28.2. The molecule has 0 bridgehead atoms. The number of benzene rings is 3. The highest BCUT2D eigenvalue weighted by atomic mass is 32.2. The van der Waals surface area contributed by atoms with Crippen molar-refractivity contribution in [3.8, 4) is 17.2 Å². The molecule has 4 rings (SSSR count). The molecule has 3 aromatic carbocycles. The summed E-state index contributed by atoms with van der Waals surface area (Å²) < 4.78 is 55.5. The van der Waals surface area contributed by atoms with E-state index in [1.165, 1.54) is 43.5 Å². The maximum Gasteiger partial charge on any atom is 0.416 e. The minimum Gasteiger partial charge on any atom is -0.493 e. The van der Waals surface area contributed by atoms with E-state index in [-0.39, 0.29) is 37.7 Å². The Kier molecular flexibility index (Phi) is 8.36. The molecule has 0 N–H and O–H groups in total. The summed E-state index contributed by atoms with van der Waals surface area (Å²) in [4.78, 5) is 37.6. The Morgan fingerprint density at radius 2 is 1.79 bits per heavy atom. The molecule has 0 atom stereocenters. The van der Waals surface area contributed by atoms with Crippen molar-refractivity contribution in [2.75, 3.05) is 18.6 Å². The van der Waals surface area contributed by atoms with Gasteiger partial charge in [-0.25, -0.2) is 4.79 Å². The molecule has 0 aliphatic carbocycles. The third-order valence-corrected chi connectivity index (χ3v) is 6.63. The monoisotopic (exact) mass is 573 g/mol. The zero-order valence-electron chi connectivity index (χ0n) is 20.1. The number of anilines is 1. The number of thioether (sulfide) groups is 1. The fraction of sp³-hybridized carbons (Fsp3) is 0.111. The molecule has 1 heterocycles. The summed E-state index contributed by atoms with van der Waals surface area (Å²) in [6, 6.07) is 15.3. The van der Waals surface area contributed by atoms with E-state index in [2.05, 4.69) is 0 Å². The number of rotatable bonds is 8. The standard InChI is InChI=1S/C27H18F3NO6S2/c1-35-22-11-16(9-10-21(22)36-15-24(33)37-20-8-3-2-5-17(20)14-32)12-23-25(34)31(26(38)39-23)19-7-4-6-18(13-19)27(28,29)30/h2-14H,15H2,1H3/b23-12-. The number of alkyl halides is 3. The smallest absolute Gasteiger partial charge is 0.416 e. The minimum absolute atomic E-state index is 0.0136. The van der Waals surface area contributed by atoms with Crippen LogP contribution in [0.4, 0.5) is 18.9 Å². The number of hydrogen-bond acceptors (Lipinski definition) is 8. The van der Waals surface area contributed by atoms with Gasteiger partial charge in [0.25, 0.3) is 5.91 Å². The van der Waals surface area contributed by atoms with Crippen molar-refractivity contribution in [3.63, 3.8) is 0 Å². The molecule has 3 aromatic rings. The van der Waals surface area contributed by atoms with Crippen LogP contribution in [0.2, 0.25) is 0 Å². The van der Waals surface area contributed by atoms with Crippen molar-refractivity contribution in [2.24, 2.45) is 0 Å². The molecule has 1 saturated heterocycles. The van der Waals surface area contributed by atoms with Gasteiger partial charge in [-0.05, 0) is 54.1 Å². The first-order valence-corrected chi connectivity index (χ1v) is 12.3. The Labute approximate surface area is 230 Å². The number of nitrogens with zero attached hydrogens (tertiary/aromatic N) is 1. The minimum atomic E-state index is -4.57. The van der Waals surface area contributed by atoms with Gasteiger partial charge in [0.05, 0.1) is 28.8 Å². The first kappa shape index (κ1) is 27.9. The van der Waals surface area contributed by atoms with Gasteiger partial charge in [-0.2, -0.15) is 13.2 Å². The summed E-state index contributed by atoms with van der Waals surface area (Å²) in [6.07, 6.45) is -2.48. The van der Waals surface area contributed by atoms with Crippen LogP contribution in [0.3, 0.4) is 0 Å². The number of halogens is 3. The number of thiocarbonyl (C=S) groups is 1. The van der Waals surface area contributed by atoms with Crippen LogP contribution in [0.5, 0.6) is 17.2 Å². The molecule has 1 fully saturated rings. The Morgan fingerprint density at radius 1 is 1.03 bits per heavy atom. The molecule has 1 aliphatic rings. The molecule has 12 heteroatoms. The van der Waals surface area contributed by atoms with Crippen LogP contribution in [-0.4, -0.2) is 36.2 Å². The molecule has 0 radical (unpaired) electrons. The number of aldehydes is 1. The predicted octanol–water partition coefficient (Wildman–Crippen LogP) is 5.92. The van der Waals surface area contributed by atoms with Gasteiger partial charge in [0.15, 0.2) is 28.7 Å². The Bertz CT molecular complexity index is 1490. The summed E-state index contributed by atoms with van der Waals surface area (Å²) in [5, 5.41) is 0. The van der Waals surface area contributed by atoms with Crippen molar-refractivity contribution in [2.45, 2.75) is 6.18 Å². The number of methoxy groups -OCH3 is 1. The number of amides is 1. The Morgan fingerprint density at radius 3 is 2.51 bits per heavy atom. The number of para-hydroxylation sites is 1. The first-order chi connectivity index (χ1) is 18.6. The fourth-order valence-electron chi connectivity index (χ4n) is 3.52. The number of carbonyl (C=O) groups is 3. The van der Waals surface area contributed by atoms with Gasteiger partial charge in [-0.15, -0.1) is 0 Å². The summed E-state index contributed by atoms with van der Waals surface area (Å²) in [5.41, 5.74) is -0.146. The second-order valence-corrected chi connectivity index (χ2v) is 9.57. The van der Waals surface area contributed by atoms with E-state index in [1.54, 1.807) is 24.3 Å². The lowest BCUT2D eigenvalue weighted by Gasteiger charge is -2.16. The number of hydrogen-bond donors (Lipinski definition) is 0. The summed E-state index contributed by atoms with van der Waals surface area (Å²) in [5.74, 6) is -0.744. The highest BCUT2D eigenvalue weighted by molar-refractivity contribution is 8.27. The van der Waals surface area contributed by atoms with E-state index >= 15 is 0 Å². The van der Waals surface area contributed by atoms with E-state index in [9.17, 15) is 27.6 Å². The van der Waals surface area contributed by atoms with E-state index in [4.69, 9.17) is 26.4 Å². The lowest BCUT2D eigenvalue weighted by molar-refractivity contribution is -0.138. The van der Waals surface area contributed by atoms with Gasteiger partial charge in [0.2, 0.25) is 0 Å². The van der Waals surface area contributed by atoms with Crippen molar-refractivity contribution < 1.29 is 41.8 Å². The average Bonchev–Trinajstić information content (AvgIpc) is 3.19. The number of ether oxygens (including phenoxy) is 3. The van der Waals surface area contributed by atoms with Crippen molar-refractivity contribution in [3.05, 3.63) is 88.3 Å². The third-order valence-electron chi connectivity index (χ3n) is 5.33. The van der Waals surface area contributed by atoms with Crippen LogP contribution in [0, 0.1) is 0 Å². The van der Waals surface area contributed by atoms with Gasteiger partial charge < -0.3 is 14.2 Å². The highest BCUT2D eigenvalue weighted by Gasteiger charge is 2.36. The van der Waals surface area contributed by atoms with Crippen molar-refractivity contribution in [1.82, 2.24) is 0 Å². The summed E-state index contributed by atoms with van der Waals surface area (Å²) in [6.45, 7) is -0.474. The molecule has 200 valence electrons. The topological polar surface area (TPSA) is 82.1 Å². The quantitative estimate of drug-likeness (QED) is 0.108. The normalized spacial score (nSPS) is 14.5. The molecule has 0 spiro atoms. The van der Waals surface area contributed by atoms with Crippen LogP contribution < -0.4 is 19.1 Å². The number of carbonyl (C=O) groups excluding carboxylic acids is 3. The lowest BCUT2D eigenvalue weighted by Crippen LogP contribution is -2.27. The molecule has 0 unspecified atom stereocenters. The molecule has 0 aromatic heterocycles. The molecule has 39 heavy (non-hydrogen) atoms. The second-order valence-electron chi connectivity index (χ2n) is 7.89. The summed E-state index contributed by atoms with van der Waals surface area (Å²) in [7, 11) is 1.39. The van der Waals surface area contributed by atoms with Crippen LogP contribution in [0.1, 0.15) is 21.5 Å². The van der Waals surface area contributed by atoms with E-state index in [1.807, 2.05) is 0 Å². The SMILES string of the molecule is COc1cc(/C=C2\SC(=S)N(c3cccc(C(F)(F)F)c3)C2=O)ccc1OCC(=O)Oc1ccccc1C=O. The van der Waals surface area contributed by atoms with Crippen molar-refractivity contribution >= 4 is 58.2 Å². The number of esters is 1. The van der Waals surface area contributed by atoms with Crippen LogP contribution >= 0.6 is 24.0 Å². The highest BCUT2D eigenvalue weighted by Crippen LogP contribution is 2.39. The van der Waals surface area contributed by atoms with Crippen LogP contribution in [0.25, 0.3) is 6.08 Å². The van der Waals surface area contributed by atoms with E-state index in [0.29, 0.717) is 11.8 Å². The van der Waals surface area contributed by atoms with Gasteiger partial charge in [-0.3, -0.25) is 14.5 Å². The Balaban J connectivity index is 1.47. The van der Waals surface area contributed by atoms with Crippen molar-refractivity contribution in [1.29, 1.82) is 0 Å². The van der Waals surface area contributed by atoms with E-state index < -0.39 is 30.2 Å². The van der Waals surface area contributed by atoms with Gasteiger partial charge >= 0.3 is 12.1 Å². The molecular weight excluding hydrogens is 555 g/mol. The zero-order valence-corrected chi connectivity index (χ0v) is 21.7. The van der Waals surface area contributed by atoms with Gasteiger partial charge in [0, 0.05) is 0 Å².